The van der Waals surface area contributed by atoms with Crippen molar-refractivity contribution in [2.24, 2.45) is 0 Å². The maximum absolute atomic E-state index is 8.95. The van der Waals surface area contributed by atoms with Crippen molar-refractivity contribution in [3.63, 3.8) is 0 Å². The van der Waals surface area contributed by atoms with Crippen molar-refractivity contribution in [1.29, 1.82) is 0 Å². The molecule has 0 saturated heterocycles. The summed E-state index contributed by atoms with van der Waals surface area (Å²) in [6, 6.07) is 13.3. The zero-order valence-corrected chi connectivity index (χ0v) is 13.7. The maximum Gasteiger partial charge on any atom is 0.205 e. The van der Waals surface area contributed by atoms with E-state index in [1.54, 1.807) is 6.07 Å². The number of aliphatic hydroxyl groups is 1. The van der Waals surface area contributed by atoms with Gasteiger partial charge in [-0.05, 0) is 41.0 Å². The van der Waals surface area contributed by atoms with Crippen molar-refractivity contribution in [3.05, 3.63) is 63.6 Å². The minimum Gasteiger partial charge on any atom is -0.394 e. The lowest BCUT2D eigenvalue weighted by Gasteiger charge is -2.07. The molecule has 0 atom stereocenters. The summed E-state index contributed by atoms with van der Waals surface area (Å²) < 4.78 is 0. The third-order valence-corrected chi connectivity index (χ3v) is 3.76. The minimum atomic E-state index is -0.0293. The lowest BCUT2D eigenvalue weighted by molar-refractivity contribution is 0.259. The molecule has 0 aliphatic heterocycles. The molecule has 1 heterocycles. The largest absolute Gasteiger partial charge is 0.394 e. The van der Waals surface area contributed by atoms with Crippen LogP contribution in [-0.4, -0.2) is 31.9 Å². The summed E-state index contributed by atoms with van der Waals surface area (Å²) in [5.74, 6) is 0.530. The fourth-order valence-corrected chi connectivity index (χ4v) is 2.93. The molecular weight excluding hydrogens is 335 g/mol. The Morgan fingerprint density at radius 2 is 1.78 bits per heavy atom. The van der Waals surface area contributed by atoms with E-state index in [9.17, 15) is 0 Å². The van der Waals surface area contributed by atoms with Gasteiger partial charge in [0.15, 0.2) is 0 Å². The van der Waals surface area contributed by atoms with E-state index in [4.69, 9.17) is 28.3 Å². The number of rotatable bonds is 5. The van der Waals surface area contributed by atoms with Crippen LogP contribution in [0.25, 0.3) is 11.4 Å². The molecule has 1 aromatic heterocycles. The average molecular weight is 349 g/mol. The molecule has 1 N–H and O–H groups in total. The average Bonchev–Trinajstić information content (AvgIpc) is 2.95. The summed E-state index contributed by atoms with van der Waals surface area (Å²) in [7, 11) is 0. The number of benzene rings is 2. The van der Waals surface area contributed by atoms with E-state index in [2.05, 4.69) is 15.4 Å². The molecule has 0 spiro atoms. The van der Waals surface area contributed by atoms with Gasteiger partial charge in [0.1, 0.15) is 0 Å². The van der Waals surface area contributed by atoms with Crippen LogP contribution in [-0.2, 0) is 13.0 Å². The second kappa shape index (κ2) is 7.08. The summed E-state index contributed by atoms with van der Waals surface area (Å²) in [4.78, 5) is 1.38. The van der Waals surface area contributed by atoms with Crippen LogP contribution in [0.2, 0.25) is 10.0 Å². The van der Waals surface area contributed by atoms with E-state index >= 15 is 0 Å². The van der Waals surface area contributed by atoms with Crippen LogP contribution < -0.4 is 0 Å². The van der Waals surface area contributed by atoms with Gasteiger partial charge in [0.05, 0.1) is 13.2 Å². The van der Waals surface area contributed by atoms with Crippen LogP contribution in [0.15, 0.2) is 42.5 Å². The van der Waals surface area contributed by atoms with Gasteiger partial charge in [0.2, 0.25) is 5.82 Å². The van der Waals surface area contributed by atoms with Gasteiger partial charge in [-0.1, -0.05) is 47.5 Å². The first-order valence-corrected chi connectivity index (χ1v) is 7.83. The first-order chi connectivity index (χ1) is 11.2. The summed E-state index contributed by atoms with van der Waals surface area (Å²) in [5, 5.41) is 22.4. The molecule has 0 unspecified atom stereocenters. The van der Waals surface area contributed by atoms with E-state index in [1.165, 1.54) is 4.80 Å². The molecule has 3 aromatic rings. The first kappa shape index (κ1) is 15.9. The maximum atomic E-state index is 8.95. The third-order valence-electron chi connectivity index (χ3n) is 3.33. The van der Waals surface area contributed by atoms with E-state index in [0.717, 1.165) is 16.7 Å². The second-order valence-electron chi connectivity index (χ2n) is 5.04. The predicted octanol–water partition coefficient (Wildman–Crippen LogP) is 3.23. The number of halogens is 2. The second-order valence-corrected chi connectivity index (χ2v) is 5.92. The van der Waals surface area contributed by atoms with Gasteiger partial charge >= 0.3 is 0 Å². The highest BCUT2D eigenvalue weighted by Crippen LogP contribution is 2.25. The summed E-state index contributed by atoms with van der Waals surface area (Å²) in [6.45, 7) is 0.289. The molecule has 0 amide bonds. The number of aromatic nitrogens is 4. The smallest absolute Gasteiger partial charge is 0.205 e. The fourth-order valence-electron chi connectivity index (χ4n) is 2.36. The van der Waals surface area contributed by atoms with E-state index in [-0.39, 0.29) is 6.61 Å². The highest BCUT2D eigenvalue weighted by molar-refractivity contribution is 6.34. The van der Waals surface area contributed by atoms with Gasteiger partial charge in [-0.2, -0.15) is 4.80 Å². The Labute approximate surface area is 143 Å². The van der Waals surface area contributed by atoms with Gasteiger partial charge in [-0.25, -0.2) is 0 Å². The molecule has 7 heteroatoms. The SMILES string of the molecule is OCCn1nnc(-c2ccccc2Cc2cc(Cl)cc(Cl)c2)n1. The highest BCUT2D eigenvalue weighted by atomic mass is 35.5. The number of hydrogen-bond donors (Lipinski definition) is 1. The van der Waals surface area contributed by atoms with Crippen LogP contribution in [0.1, 0.15) is 11.1 Å². The Morgan fingerprint density at radius 1 is 1.04 bits per heavy atom. The fraction of sp³-hybridized carbons (Fsp3) is 0.188. The third kappa shape index (κ3) is 3.88. The van der Waals surface area contributed by atoms with E-state index in [1.807, 2.05) is 36.4 Å². The van der Waals surface area contributed by atoms with Crippen molar-refractivity contribution >= 4 is 23.2 Å². The van der Waals surface area contributed by atoms with Crippen LogP contribution in [0.4, 0.5) is 0 Å². The Balaban J connectivity index is 1.93. The Morgan fingerprint density at radius 3 is 2.52 bits per heavy atom. The van der Waals surface area contributed by atoms with Gasteiger partial charge in [0.25, 0.3) is 0 Å². The number of hydrogen-bond acceptors (Lipinski definition) is 4. The van der Waals surface area contributed by atoms with E-state index < -0.39 is 0 Å². The highest BCUT2D eigenvalue weighted by Gasteiger charge is 2.11. The van der Waals surface area contributed by atoms with Gasteiger partial charge in [0, 0.05) is 15.6 Å². The number of aliphatic hydroxyl groups excluding tert-OH is 1. The Bertz CT molecular complexity index is 799. The van der Waals surface area contributed by atoms with E-state index in [0.29, 0.717) is 28.8 Å². The molecule has 0 saturated carbocycles. The van der Waals surface area contributed by atoms with Crippen LogP contribution in [0.5, 0.6) is 0 Å². The lowest BCUT2D eigenvalue weighted by Crippen LogP contribution is -2.05. The standard InChI is InChI=1S/C16H14Cl2N4O/c17-13-8-11(9-14(18)10-13)7-12-3-1-2-4-15(12)16-19-21-22(20-16)5-6-23/h1-4,8-10,23H,5-7H2. The van der Waals surface area contributed by atoms with Crippen LogP contribution >= 0.6 is 23.2 Å². The van der Waals surface area contributed by atoms with Crippen molar-refractivity contribution in [3.8, 4) is 11.4 Å². The molecule has 2 aromatic carbocycles. The summed E-state index contributed by atoms with van der Waals surface area (Å²) in [5.41, 5.74) is 2.96. The number of tetrazole rings is 1. The Hall–Kier alpha value is -1.95. The van der Waals surface area contributed by atoms with Gasteiger partial charge in [-0.3, -0.25) is 0 Å². The van der Waals surface area contributed by atoms with Crippen molar-refractivity contribution in [2.45, 2.75) is 13.0 Å². The molecule has 0 aliphatic carbocycles. The summed E-state index contributed by atoms with van der Waals surface area (Å²) >= 11 is 12.1. The molecule has 5 nitrogen and oxygen atoms in total. The quantitative estimate of drug-likeness (QED) is 0.768. The molecule has 118 valence electrons. The lowest BCUT2D eigenvalue weighted by atomic mass is 9.99. The van der Waals surface area contributed by atoms with Crippen molar-refractivity contribution in [1.82, 2.24) is 20.2 Å². The van der Waals surface area contributed by atoms with Crippen molar-refractivity contribution in [2.75, 3.05) is 6.61 Å². The zero-order chi connectivity index (χ0) is 16.2. The topological polar surface area (TPSA) is 63.8 Å². The van der Waals surface area contributed by atoms with Gasteiger partial charge < -0.3 is 5.11 Å². The molecule has 0 aliphatic rings. The van der Waals surface area contributed by atoms with Crippen molar-refractivity contribution < 1.29 is 5.11 Å². The molecule has 0 radical (unpaired) electrons. The predicted molar refractivity (Wildman–Crippen MR) is 89.6 cm³/mol. The van der Waals surface area contributed by atoms with Gasteiger partial charge in [-0.15, -0.1) is 10.2 Å². The first-order valence-electron chi connectivity index (χ1n) is 7.07. The van der Waals surface area contributed by atoms with Crippen LogP contribution in [0.3, 0.4) is 0 Å². The number of nitrogens with zero attached hydrogens (tertiary/aromatic N) is 4. The molecule has 3 rings (SSSR count). The summed E-state index contributed by atoms with van der Waals surface area (Å²) in [6.07, 6.45) is 0.658. The van der Waals surface area contributed by atoms with Crippen LogP contribution in [0, 0.1) is 0 Å². The Kier molecular flexibility index (Phi) is 4.91. The zero-order valence-electron chi connectivity index (χ0n) is 12.2. The molecule has 0 bridgehead atoms. The minimum absolute atomic E-state index is 0.0293. The molecular formula is C16H14Cl2N4O. The normalized spacial score (nSPS) is 10.9. The molecule has 23 heavy (non-hydrogen) atoms. The monoisotopic (exact) mass is 348 g/mol. The molecule has 0 fully saturated rings.